The van der Waals surface area contributed by atoms with Crippen molar-refractivity contribution >= 4 is 17.3 Å². The molecular formula is C23H35N3O2. The lowest BCUT2D eigenvalue weighted by atomic mass is 9.68. The van der Waals surface area contributed by atoms with Crippen LogP contribution in [0.3, 0.4) is 0 Å². The third-order valence-corrected chi connectivity index (χ3v) is 7.04. The molecule has 0 aromatic heterocycles. The summed E-state index contributed by atoms with van der Waals surface area (Å²) in [4.78, 5) is 16.4. The molecule has 154 valence electrons. The fourth-order valence-electron chi connectivity index (χ4n) is 5.10. The highest BCUT2D eigenvalue weighted by Crippen LogP contribution is 2.48. The smallest absolute Gasteiger partial charge is 0.264 e. The molecule has 2 fully saturated rings. The molecule has 1 aromatic rings. The zero-order valence-corrected chi connectivity index (χ0v) is 17.9. The Labute approximate surface area is 169 Å². The standard InChI is InChI=1S/C23H35N3O2/c1-23(2,3)17-7-5-16(6-8-17)18-13-20-21(28-15-22(27)25(20)4)14-19(18)26-11-9-24-10-12-26/h13-14,16-17,24H,5-12,15H2,1-4H3. The van der Waals surface area contributed by atoms with E-state index in [2.05, 4.69) is 43.1 Å². The minimum Gasteiger partial charge on any atom is -0.481 e. The highest BCUT2D eigenvalue weighted by Gasteiger charge is 2.33. The lowest BCUT2D eigenvalue weighted by molar-refractivity contribution is -0.120. The van der Waals surface area contributed by atoms with Crippen LogP contribution in [0, 0.1) is 11.3 Å². The minimum absolute atomic E-state index is 0.0322. The molecule has 2 aliphatic heterocycles. The Balaban J connectivity index is 1.67. The number of ether oxygens (including phenoxy) is 1. The number of nitrogens with one attached hydrogen (secondary N) is 1. The number of carbonyl (C=O) groups is 1. The van der Waals surface area contributed by atoms with E-state index in [0.29, 0.717) is 11.3 Å². The van der Waals surface area contributed by atoms with Crippen LogP contribution in [-0.2, 0) is 4.79 Å². The van der Waals surface area contributed by atoms with Crippen molar-refractivity contribution < 1.29 is 9.53 Å². The van der Waals surface area contributed by atoms with Gasteiger partial charge in [0.2, 0.25) is 0 Å². The van der Waals surface area contributed by atoms with Crippen molar-refractivity contribution in [2.24, 2.45) is 11.3 Å². The van der Waals surface area contributed by atoms with Gasteiger partial charge in [-0.05, 0) is 54.6 Å². The number of piperazine rings is 1. The van der Waals surface area contributed by atoms with Gasteiger partial charge in [0, 0.05) is 45.0 Å². The highest BCUT2D eigenvalue weighted by molar-refractivity contribution is 5.98. The summed E-state index contributed by atoms with van der Waals surface area (Å²) in [6, 6.07) is 4.46. The second kappa shape index (κ2) is 7.58. The zero-order chi connectivity index (χ0) is 19.9. The van der Waals surface area contributed by atoms with Crippen LogP contribution in [0.4, 0.5) is 11.4 Å². The van der Waals surface area contributed by atoms with E-state index in [0.717, 1.165) is 43.5 Å². The molecule has 3 aliphatic rings. The van der Waals surface area contributed by atoms with E-state index >= 15 is 0 Å². The summed E-state index contributed by atoms with van der Waals surface area (Å²) in [6.45, 7) is 11.4. The van der Waals surface area contributed by atoms with Gasteiger partial charge in [-0.25, -0.2) is 0 Å². The predicted octanol–water partition coefficient (Wildman–Crippen LogP) is 3.77. The third kappa shape index (κ3) is 3.73. The molecule has 5 nitrogen and oxygen atoms in total. The van der Waals surface area contributed by atoms with Crippen molar-refractivity contribution in [1.29, 1.82) is 0 Å². The molecule has 0 bridgehead atoms. The highest BCUT2D eigenvalue weighted by atomic mass is 16.5. The normalized spacial score (nSPS) is 26.1. The van der Waals surface area contributed by atoms with E-state index in [1.807, 2.05) is 7.05 Å². The van der Waals surface area contributed by atoms with Crippen LogP contribution in [-0.4, -0.2) is 45.7 Å². The van der Waals surface area contributed by atoms with Crippen LogP contribution in [0.2, 0.25) is 0 Å². The monoisotopic (exact) mass is 385 g/mol. The number of benzene rings is 1. The Hall–Kier alpha value is -1.75. The molecule has 0 unspecified atom stereocenters. The van der Waals surface area contributed by atoms with Gasteiger partial charge in [-0.15, -0.1) is 0 Å². The number of fused-ring (bicyclic) bond motifs is 1. The number of amides is 1. The molecule has 1 aromatic carbocycles. The fourth-order valence-corrected chi connectivity index (χ4v) is 5.10. The van der Waals surface area contributed by atoms with Crippen LogP contribution in [0.1, 0.15) is 57.9 Å². The molecule has 4 rings (SSSR count). The van der Waals surface area contributed by atoms with Gasteiger partial charge in [-0.3, -0.25) is 4.79 Å². The number of hydrogen-bond acceptors (Lipinski definition) is 4. The first-order chi connectivity index (χ1) is 13.3. The lowest BCUT2D eigenvalue weighted by Crippen LogP contribution is -2.44. The van der Waals surface area contributed by atoms with Gasteiger partial charge >= 0.3 is 0 Å². The molecule has 5 heteroatoms. The van der Waals surface area contributed by atoms with E-state index in [9.17, 15) is 4.79 Å². The van der Waals surface area contributed by atoms with Gasteiger partial charge in [0.05, 0.1) is 5.69 Å². The summed E-state index contributed by atoms with van der Waals surface area (Å²) in [5.41, 5.74) is 4.06. The summed E-state index contributed by atoms with van der Waals surface area (Å²) in [6.07, 6.45) is 5.05. The van der Waals surface area contributed by atoms with Gasteiger partial charge in [-0.2, -0.15) is 0 Å². The van der Waals surface area contributed by atoms with E-state index in [-0.39, 0.29) is 12.5 Å². The Morgan fingerprint density at radius 1 is 1.04 bits per heavy atom. The van der Waals surface area contributed by atoms with Gasteiger partial charge in [-0.1, -0.05) is 20.8 Å². The van der Waals surface area contributed by atoms with Gasteiger partial charge in [0.1, 0.15) is 5.75 Å². The zero-order valence-electron chi connectivity index (χ0n) is 17.9. The Morgan fingerprint density at radius 2 is 1.71 bits per heavy atom. The van der Waals surface area contributed by atoms with E-state index in [1.54, 1.807) is 4.90 Å². The average molecular weight is 386 g/mol. The summed E-state index contributed by atoms with van der Waals surface area (Å²) >= 11 is 0. The van der Waals surface area contributed by atoms with E-state index < -0.39 is 0 Å². The number of rotatable bonds is 2. The number of likely N-dealkylation sites (N-methyl/N-ethyl adjacent to an activating group) is 1. The largest absolute Gasteiger partial charge is 0.481 e. The van der Waals surface area contributed by atoms with Crippen molar-refractivity contribution in [2.75, 3.05) is 49.6 Å². The van der Waals surface area contributed by atoms with Crippen LogP contribution in [0.15, 0.2) is 12.1 Å². The van der Waals surface area contributed by atoms with Crippen molar-refractivity contribution in [1.82, 2.24) is 5.32 Å². The maximum absolute atomic E-state index is 12.2. The number of hydrogen-bond donors (Lipinski definition) is 1. The average Bonchev–Trinajstić information content (AvgIpc) is 2.70. The number of anilines is 2. The fraction of sp³-hybridized carbons (Fsp3) is 0.696. The maximum atomic E-state index is 12.2. The molecule has 1 aliphatic carbocycles. The topological polar surface area (TPSA) is 44.8 Å². The minimum atomic E-state index is 0.0322. The Bertz CT molecular complexity index is 726. The molecule has 0 radical (unpaired) electrons. The molecule has 28 heavy (non-hydrogen) atoms. The van der Waals surface area contributed by atoms with Crippen molar-refractivity contribution in [3.8, 4) is 5.75 Å². The Kier molecular flexibility index (Phi) is 5.30. The first-order valence-electron chi connectivity index (χ1n) is 10.9. The molecule has 1 amide bonds. The van der Waals surface area contributed by atoms with Crippen molar-refractivity contribution in [3.63, 3.8) is 0 Å². The molecule has 0 spiro atoms. The maximum Gasteiger partial charge on any atom is 0.264 e. The van der Waals surface area contributed by atoms with Crippen LogP contribution in [0.5, 0.6) is 5.75 Å². The molecule has 2 heterocycles. The number of nitrogens with zero attached hydrogens (tertiary/aromatic N) is 2. The number of carbonyl (C=O) groups excluding carboxylic acids is 1. The van der Waals surface area contributed by atoms with Crippen LogP contribution >= 0.6 is 0 Å². The van der Waals surface area contributed by atoms with Gasteiger partial charge < -0.3 is 19.9 Å². The van der Waals surface area contributed by atoms with E-state index in [1.165, 1.54) is 36.9 Å². The predicted molar refractivity (Wildman–Crippen MR) is 115 cm³/mol. The Morgan fingerprint density at radius 3 is 2.36 bits per heavy atom. The van der Waals surface area contributed by atoms with Gasteiger partial charge in [0.15, 0.2) is 6.61 Å². The van der Waals surface area contributed by atoms with Crippen molar-refractivity contribution in [3.05, 3.63) is 17.7 Å². The van der Waals surface area contributed by atoms with Crippen molar-refractivity contribution in [2.45, 2.75) is 52.4 Å². The third-order valence-electron chi connectivity index (χ3n) is 7.04. The first kappa shape index (κ1) is 19.6. The van der Waals surface area contributed by atoms with E-state index in [4.69, 9.17) is 4.74 Å². The molecule has 1 N–H and O–H groups in total. The molecule has 1 saturated heterocycles. The second-order valence-corrected chi connectivity index (χ2v) is 9.77. The van der Waals surface area contributed by atoms with Crippen LogP contribution in [0.25, 0.3) is 0 Å². The summed E-state index contributed by atoms with van der Waals surface area (Å²) in [5.74, 6) is 2.25. The quantitative estimate of drug-likeness (QED) is 0.842. The van der Waals surface area contributed by atoms with Gasteiger partial charge in [0.25, 0.3) is 5.91 Å². The summed E-state index contributed by atoms with van der Waals surface area (Å²) < 4.78 is 5.81. The summed E-state index contributed by atoms with van der Waals surface area (Å²) in [5, 5.41) is 3.46. The first-order valence-corrected chi connectivity index (χ1v) is 10.9. The lowest BCUT2D eigenvalue weighted by Gasteiger charge is -2.40. The molecular weight excluding hydrogens is 350 g/mol. The SMILES string of the molecule is CN1C(=O)COc2cc(N3CCNCC3)c(C3CCC(C(C)(C)C)CC3)cc21. The summed E-state index contributed by atoms with van der Waals surface area (Å²) in [7, 11) is 1.87. The molecule has 0 atom stereocenters. The second-order valence-electron chi connectivity index (χ2n) is 9.77. The molecule has 1 saturated carbocycles. The van der Waals surface area contributed by atoms with Crippen LogP contribution < -0.4 is 19.9 Å².